The van der Waals surface area contributed by atoms with E-state index in [4.69, 9.17) is 5.11 Å². The number of carboxylic acid groups (broad SMARTS) is 1. The zero-order valence-electron chi connectivity index (χ0n) is 11.8. The molecular formula is C13H17N3O5. The van der Waals surface area contributed by atoms with Crippen LogP contribution >= 0.6 is 0 Å². The van der Waals surface area contributed by atoms with Crippen molar-refractivity contribution in [1.82, 2.24) is 5.32 Å². The summed E-state index contributed by atoms with van der Waals surface area (Å²) < 4.78 is 0. The lowest BCUT2D eigenvalue weighted by Gasteiger charge is -2.11. The fourth-order valence-corrected chi connectivity index (χ4v) is 1.65. The first-order valence-electron chi connectivity index (χ1n) is 6.34. The minimum Gasteiger partial charge on any atom is -0.481 e. The number of amides is 2. The van der Waals surface area contributed by atoms with Gasteiger partial charge < -0.3 is 15.7 Å². The van der Waals surface area contributed by atoms with Crippen molar-refractivity contribution in [3.63, 3.8) is 0 Å². The number of anilines is 1. The predicted octanol–water partition coefficient (Wildman–Crippen LogP) is 2.14. The van der Waals surface area contributed by atoms with Crippen molar-refractivity contribution < 1.29 is 19.6 Å². The van der Waals surface area contributed by atoms with Gasteiger partial charge in [-0.05, 0) is 19.4 Å². The third-order valence-electron chi connectivity index (χ3n) is 3.03. The van der Waals surface area contributed by atoms with Gasteiger partial charge in [0.2, 0.25) is 0 Å². The second kappa shape index (κ2) is 7.22. The average molecular weight is 295 g/mol. The van der Waals surface area contributed by atoms with Crippen LogP contribution in [0.1, 0.15) is 18.9 Å². The zero-order valence-corrected chi connectivity index (χ0v) is 11.8. The molecule has 21 heavy (non-hydrogen) atoms. The van der Waals surface area contributed by atoms with Gasteiger partial charge in [-0.25, -0.2) is 4.79 Å². The molecule has 3 N–H and O–H groups in total. The maximum absolute atomic E-state index is 11.7. The molecule has 1 aromatic carbocycles. The van der Waals surface area contributed by atoms with Crippen molar-refractivity contribution >= 4 is 23.4 Å². The van der Waals surface area contributed by atoms with E-state index in [9.17, 15) is 19.7 Å². The van der Waals surface area contributed by atoms with Crippen LogP contribution in [0.4, 0.5) is 16.2 Å². The Morgan fingerprint density at radius 2 is 2.10 bits per heavy atom. The van der Waals surface area contributed by atoms with Crippen molar-refractivity contribution in [2.24, 2.45) is 5.92 Å². The van der Waals surface area contributed by atoms with Crippen molar-refractivity contribution in [2.45, 2.75) is 20.3 Å². The Morgan fingerprint density at radius 1 is 1.43 bits per heavy atom. The van der Waals surface area contributed by atoms with E-state index in [0.29, 0.717) is 17.7 Å². The molecule has 8 nitrogen and oxygen atoms in total. The van der Waals surface area contributed by atoms with Crippen LogP contribution in [0.3, 0.4) is 0 Å². The van der Waals surface area contributed by atoms with Crippen molar-refractivity contribution in [2.75, 3.05) is 11.9 Å². The number of hydrogen-bond acceptors (Lipinski definition) is 4. The summed E-state index contributed by atoms with van der Waals surface area (Å²) >= 11 is 0. The highest BCUT2D eigenvalue weighted by molar-refractivity contribution is 5.90. The molecule has 0 radical (unpaired) electrons. The Labute approximate surface area is 121 Å². The third kappa shape index (κ3) is 4.75. The summed E-state index contributed by atoms with van der Waals surface area (Å²) in [5.41, 5.74) is 0.622. The van der Waals surface area contributed by atoms with Crippen LogP contribution in [0.2, 0.25) is 0 Å². The fraction of sp³-hybridized carbons (Fsp3) is 0.385. The zero-order chi connectivity index (χ0) is 16.0. The lowest BCUT2D eigenvalue weighted by Crippen LogP contribution is -2.31. The number of nitrogens with zero attached hydrogens (tertiary/aromatic N) is 1. The molecule has 2 amide bonds. The molecule has 0 bridgehead atoms. The van der Waals surface area contributed by atoms with Crippen LogP contribution < -0.4 is 10.6 Å². The molecule has 0 aliphatic rings. The van der Waals surface area contributed by atoms with Gasteiger partial charge in [0.15, 0.2) is 0 Å². The molecule has 0 aliphatic heterocycles. The number of benzene rings is 1. The number of hydrogen-bond donors (Lipinski definition) is 3. The number of nitro groups is 1. The number of nitro benzene ring substituents is 1. The summed E-state index contributed by atoms with van der Waals surface area (Å²) in [5, 5.41) is 24.5. The summed E-state index contributed by atoms with van der Waals surface area (Å²) in [4.78, 5) is 32.5. The topological polar surface area (TPSA) is 122 Å². The van der Waals surface area contributed by atoms with E-state index in [0.717, 1.165) is 0 Å². The van der Waals surface area contributed by atoms with E-state index in [1.165, 1.54) is 12.1 Å². The first-order valence-corrected chi connectivity index (χ1v) is 6.34. The van der Waals surface area contributed by atoms with E-state index in [-0.39, 0.29) is 12.2 Å². The summed E-state index contributed by atoms with van der Waals surface area (Å²) in [6.45, 7) is 3.29. The SMILES string of the molecule is Cc1c(NC(=O)NCCC(C)C(=O)O)cccc1[N+](=O)[O-]. The largest absolute Gasteiger partial charge is 0.481 e. The van der Waals surface area contributed by atoms with Gasteiger partial charge in [-0.1, -0.05) is 13.0 Å². The predicted molar refractivity (Wildman–Crippen MR) is 76.3 cm³/mol. The Morgan fingerprint density at radius 3 is 2.67 bits per heavy atom. The van der Waals surface area contributed by atoms with Crippen molar-refractivity contribution in [3.05, 3.63) is 33.9 Å². The number of rotatable bonds is 6. The molecule has 8 heteroatoms. The molecule has 0 heterocycles. The first kappa shape index (κ1) is 16.4. The highest BCUT2D eigenvalue weighted by Crippen LogP contribution is 2.24. The second-order valence-electron chi connectivity index (χ2n) is 4.62. The third-order valence-corrected chi connectivity index (χ3v) is 3.03. The quantitative estimate of drug-likeness (QED) is 0.548. The highest BCUT2D eigenvalue weighted by atomic mass is 16.6. The van der Waals surface area contributed by atoms with Gasteiger partial charge in [0, 0.05) is 12.6 Å². The van der Waals surface area contributed by atoms with E-state index in [2.05, 4.69) is 10.6 Å². The molecule has 0 fully saturated rings. The van der Waals surface area contributed by atoms with Gasteiger partial charge in [-0.2, -0.15) is 0 Å². The lowest BCUT2D eigenvalue weighted by atomic mass is 10.1. The smallest absolute Gasteiger partial charge is 0.319 e. The van der Waals surface area contributed by atoms with Gasteiger partial charge in [0.05, 0.1) is 22.1 Å². The molecule has 1 rings (SSSR count). The summed E-state index contributed by atoms with van der Waals surface area (Å²) in [5.74, 6) is -1.48. The Kier molecular flexibility index (Phi) is 5.65. The molecular weight excluding hydrogens is 278 g/mol. The van der Waals surface area contributed by atoms with Crippen LogP contribution in [0.15, 0.2) is 18.2 Å². The Bertz CT molecular complexity index is 559. The molecule has 1 atom stereocenters. The number of carbonyl (C=O) groups excluding carboxylic acids is 1. The van der Waals surface area contributed by atoms with E-state index in [1.54, 1.807) is 19.9 Å². The lowest BCUT2D eigenvalue weighted by molar-refractivity contribution is -0.385. The number of nitrogens with one attached hydrogen (secondary N) is 2. The van der Waals surface area contributed by atoms with Crippen LogP contribution in [0, 0.1) is 23.0 Å². The summed E-state index contributed by atoms with van der Waals surface area (Å²) in [6.07, 6.45) is 0.302. The van der Waals surface area contributed by atoms with Crippen molar-refractivity contribution in [1.29, 1.82) is 0 Å². The average Bonchev–Trinajstić information content (AvgIpc) is 2.40. The molecule has 0 saturated heterocycles. The number of carboxylic acids is 1. The number of carbonyl (C=O) groups is 2. The molecule has 1 unspecified atom stereocenters. The maximum atomic E-state index is 11.7. The van der Waals surface area contributed by atoms with Crippen LogP contribution in [-0.4, -0.2) is 28.6 Å². The monoisotopic (exact) mass is 295 g/mol. The maximum Gasteiger partial charge on any atom is 0.319 e. The van der Waals surface area contributed by atoms with Gasteiger partial charge in [-0.15, -0.1) is 0 Å². The number of aliphatic carboxylic acids is 1. The second-order valence-corrected chi connectivity index (χ2v) is 4.62. The summed E-state index contributed by atoms with van der Waals surface area (Å²) in [7, 11) is 0. The number of urea groups is 1. The van der Waals surface area contributed by atoms with E-state index < -0.39 is 22.8 Å². The molecule has 114 valence electrons. The van der Waals surface area contributed by atoms with Gasteiger partial charge in [0.1, 0.15) is 0 Å². The van der Waals surface area contributed by atoms with E-state index in [1.807, 2.05) is 0 Å². The fourth-order valence-electron chi connectivity index (χ4n) is 1.65. The summed E-state index contributed by atoms with van der Waals surface area (Å²) in [6, 6.07) is 3.86. The Balaban J connectivity index is 2.58. The Hall–Kier alpha value is -2.64. The molecule has 0 saturated carbocycles. The van der Waals surface area contributed by atoms with Gasteiger partial charge in [-0.3, -0.25) is 14.9 Å². The minimum absolute atomic E-state index is 0.0766. The van der Waals surface area contributed by atoms with E-state index >= 15 is 0 Å². The molecule has 1 aromatic rings. The van der Waals surface area contributed by atoms with Gasteiger partial charge in [0.25, 0.3) is 5.69 Å². The minimum atomic E-state index is -0.924. The van der Waals surface area contributed by atoms with Crippen LogP contribution in [0.5, 0.6) is 0 Å². The standard InChI is InChI=1S/C13H17N3O5/c1-8(12(17)18)6-7-14-13(19)15-10-4-3-5-11(9(10)2)16(20)21/h3-5,8H,6-7H2,1-2H3,(H,17,18)(H2,14,15,19). The van der Waals surface area contributed by atoms with Crippen LogP contribution in [-0.2, 0) is 4.79 Å². The highest BCUT2D eigenvalue weighted by Gasteiger charge is 2.15. The normalized spacial score (nSPS) is 11.5. The molecule has 0 aliphatic carbocycles. The molecule has 0 spiro atoms. The van der Waals surface area contributed by atoms with Crippen LogP contribution in [0.25, 0.3) is 0 Å². The van der Waals surface area contributed by atoms with Gasteiger partial charge >= 0.3 is 12.0 Å². The van der Waals surface area contributed by atoms with Crippen molar-refractivity contribution in [3.8, 4) is 0 Å². The molecule has 0 aromatic heterocycles. The first-order chi connectivity index (χ1) is 9.82.